The van der Waals surface area contributed by atoms with Crippen molar-refractivity contribution in [3.63, 3.8) is 0 Å². The number of rotatable bonds is 15. The number of hydrogen-bond acceptors (Lipinski definition) is 24. The van der Waals surface area contributed by atoms with Gasteiger partial charge in [-0.1, -0.05) is 18.2 Å². The molecule has 3 fully saturated rings. The van der Waals surface area contributed by atoms with Crippen LogP contribution in [-0.2, 0) is 38.0 Å². The molecule has 0 spiro atoms. The van der Waals surface area contributed by atoms with E-state index in [1.165, 1.54) is 54.6 Å². The summed E-state index contributed by atoms with van der Waals surface area (Å²) < 4.78 is 52.8. The van der Waals surface area contributed by atoms with Crippen LogP contribution >= 0.6 is 0 Å². The molecule has 0 amide bonds. The summed E-state index contributed by atoms with van der Waals surface area (Å²) in [7, 11) is 0. The number of carbonyl (C=O) groups is 2. The minimum Gasteiger partial charge on any atom is -0.508 e. The molecule has 0 radical (unpaired) electrons. The summed E-state index contributed by atoms with van der Waals surface area (Å²) in [5, 5.41) is 147. The Bertz CT molecular complexity index is 2890. The maximum Gasteiger partial charge on any atom is 0.402 e. The second-order valence-corrected chi connectivity index (χ2v) is 17.4. The quantitative estimate of drug-likeness (QED) is 0.0283. The van der Waals surface area contributed by atoms with Crippen LogP contribution in [0.4, 0.5) is 0 Å². The van der Waals surface area contributed by atoms with Crippen LogP contribution in [-0.4, -0.2) is 189 Å². The smallest absolute Gasteiger partial charge is 0.402 e. The van der Waals surface area contributed by atoms with Crippen LogP contribution in [0.1, 0.15) is 11.1 Å². The van der Waals surface area contributed by atoms with Crippen LogP contribution in [0.2, 0.25) is 0 Å². The first-order valence-electron chi connectivity index (χ1n) is 22.8. The molecule has 5 aromatic rings. The van der Waals surface area contributed by atoms with Crippen LogP contribution < -0.4 is 9.47 Å². The normalized spacial score (nSPS) is 29.1. The number of esters is 2. The summed E-state index contributed by atoms with van der Waals surface area (Å²) in [6.45, 7) is -2.22. The van der Waals surface area contributed by atoms with Crippen LogP contribution in [0.25, 0.3) is 34.4 Å². The van der Waals surface area contributed by atoms with Crippen molar-refractivity contribution >= 4 is 35.1 Å². The molecular formula is C50H51O25+. The Kier molecular flexibility index (Phi) is 16.6. The molecule has 75 heavy (non-hydrogen) atoms. The Morgan fingerprint density at radius 3 is 1.93 bits per heavy atom. The van der Waals surface area contributed by atoms with Gasteiger partial charge in [0, 0.05) is 30.4 Å². The molecule has 3 aliphatic rings. The number of carbonyl (C=O) groups excluding carboxylic acids is 2. The second-order valence-electron chi connectivity index (χ2n) is 17.4. The highest BCUT2D eigenvalue weighted by molar-refractivity contribution is 5.89. The van der Waals surface area contributed by atoms with Gasteiger partial charge >= 0.3 is 23.3 Å². The zero-order valence-corrected chi connectivity index (χ0v) is 38.8. The molecule has 25 heteroatoms. The van der Waals surface area contributed by atoms with E-state index in [1.54, 1.807) is 0 Å². The van der Waals surface area contributed by atoms with E-state index in [4.69, 9.17) is 42.3 Å². The number of hydrogen-bond donors (Lipinski definition) is 14. The fraction of sp³-hybridized carbons (Fsp3) is 0.340. The van der Waals surface area contributed by atoms with E-state index in [-0.39, 0.29) is 39.4 Å². The largest absolute Gasteiger partial charge is 0.508 e. The molecule has 400 valence electrons. The van der Waals surface area contributed by atoms with Crippen LogP contribution in [0, 0.1) is 0 Å². The predicted molar refractivity (Wildman–Crippen MR) is 250 cm³/mol. The first kappa shape index (κ1) is 53.9. The van der Waals surface area contributed by atoms with Crippen LogP contribution in [0.5, 0.6) is 46.0 Å². The van der Waals surface area contributed by atoms with Gasteiger partial charge in [0.2, 0.25) is 18.3 Å². The molecule has 0 unspecified atom stereocenters. The van der Waals surface area contributed by atoms with Gasteiger partial charge in [0.05, 0.1) is 24.8 Å². The molecule has 14 atom stereocenters. The lowest BCUT2D eigenvalue weighted by atomic mass is 9.98. The van der Waals surface area contributed by atoms with E-state index in [0.29, 0.717) is 5.56 Å². The van der Waals surface area contributed by atoms with Crippen molar-refractivity contribution in [3.05, 3.63) is 102 Å². The van der Waals surface area contributed by atoms with E-state index in [0.717, 1.165) is 48.6 Å². The summed E-state index contributed by atoms with van der Waals surface area (Å²) in [5.74, 6) is -5.85. The molecule has 8 rings (SSSR count). The van der Waals surface area contributed by atoms with Gasteiger partial charge in [-0.15, -0.1) is 0 Å². The van der Waals surface area contributed by atoms with Gasteiger partial charge in [0.25, 0.3) is 0 Å². The SMILES string of the molecule is O=C(C=Cc1ccc(O)cc1)OC[C@H]1O[C@@H](Oc2cc3c(O[C@@H]4O[C@H](CO)[C@@H](O)[C@H](O)[C@H]4O)cc(O)cc3[o+]c2-c2ccc(O)c(O)c2)[C@H](O[C@@H]2OC[C@@H](O)[C@H](O)[C@H]2OC(=O)C=Cc2ccc(O)c(O)c2)[C@@H](O)[C@@H]1O. The fourth-order valence-corrected chi connectivity index (χ4v) is 8.03. The molecule has 25 nitrogen and oxygen atoms in total. The van der Waals surface area contributed by atoms with Crippen molar-refractivity contribution < 1.29 is 123 Å². The Labute approximate surface area is 422 Å². The number of fused-ring (bicyclic) bond motifs is 1. The van der Waals surface area contributed by atoms with Gasteiger partial charge in [0.15, 0.2) is 41.5 Å². The predicted octanol–water partition coefficient (Wildman–Crippen LogP) is -0.0362. The monoisotopic (exact) mass is 1050 g/mol. The molecule has 3 aliphatic heterocycles. The zero-order chi connectivity index (χ0) is 53.8. The highest BCUT2D eigenvalue weighted by Gasteiger charge is 2.52. The third-order valence-corrected chi connectivity index (χ3v) is 12.1. The van der Waals surface area contributed by atoms with E-state index in [2.05, 4.69) is 0 Å². The van der Waals surface area contributed by atoms with Crippen molar-refractivity contribution in [1.29, 1.82) is 0 Å². The summed E-state index contributed by atoms with van der Waals surface area (Å²) in [4.78, 5) is 26.1. The van der Waals surface area contributed by atoms with Gasteiger partial charge in [-0.05, 0) is 59.7 Å². The fourth-order valence-electron chi connectivity index (χ4n) is 8.03. The highest BCUT2D eigenvalue weighted by Crippen LogP contribution is 2.44. The third-order valence-electron chi connectivity index (χ3n) is 12.1. The van der Waals surface area contributed by atoms with Crippen molar-refractivity contribution in [1.82, 2.24) is 0 Å². The van der Waals surface area contributed by atoms with Gasteiger partial charge in [-0.3, -0.25) is 0 Å². The topological polar surface area (TPSA) is 403 Å². The summed E-state index contributed by atoms with van der Waals surface area (Å²) in [6, 6.07) is 16.1. The molecule has 4 heterocycles. The zero-order valence-electron chi connectivity index (χ0n) is 38.8. The summed E-state index contributed by atoms with van der Waals surface area (Å²) in [5.41, 5.74) is 0.495. The minimum atomic E-state index is -2.12. The van der Waals surface area contributed by atoms with E-state index >= 15 is 0 Å². The molecule has 4 aromatic carbocycles. The maximum atomic E-state index is 13.2. The Hall–Kier alpha value is -7.37. The average Bonchev–Trinajstić information content (AvgIpc) is 3.39. The van der Waals surface area contributed by atoms with Gasteiger partial charge in [0.1, 0.15) is 84.2 Å². The Morgan fingerprint density at radius 1 is 0.587 bits per heavy atom. The molecule has 1 aromatic heterocycles. The average molecular weight is 1050 g/mol. The number of aliphatic hydroxyl groups excluding tert-OH is 8. The van der Waals surface area contributed by atoms with Gasteiger partial charge in [-0.2, -0.15) is 0 Å². The number of aliphatic hydroxyl groups is 8. The van der Waals surface area contributed by atoms with E-state index in [9.17, 15) is 81.1 Å². The number of phenols is 6. The Balaban J connectivity index is 1.16. The van der Waals surface area contributed by atoms with Crippen molar-refractivity contribution in [3.8, 4) is 57.3 Å². The second kappa shape index (κ2) is 23.0. The first-order chi connectivity index (χ1) is 35.8. The highest BCUT2D eigenvalue weighted by atomic mass is 16.8. The van der Waals surface area contributed by atoms with E-state index < -0.39 is 152 Å². The van der Waals surface area contributed by atoms with Gasteiger partial charge in [-0.25, -0.2) is 14.0 Å². The Morgan fingerprint density at radius 2 is 1.23 bits per heavy atom. The van der Waals surface area contributed by atoms with Crippen LogP contribution in [0.15, 0.2) is 95.4 Å². The van der Waals surface area contributed by atoms with Crippen molar-refractivity contribution in [2.45, 2.75) is 86.0 Å². The number of benzene rings is 4. The summed E-state index contributed by atoms with van der Waals surface area (Å²) >= 11 is 0. The number of ether oxygens (including phenoxy) is 8. The lowest BCUT2D eigenvalue weighted by Crippen LogP contribution is -2.64. The van der Waals surface area contributed by atoms with Crippen molar-refractivity contribution in [2.75, 3.05) is 19.8 Å². The standard InChI is InChI=1S/C50H50O25/c51-18-35-40(62)42(64)44(66)48(72-35)70-33-16-25(53)15-32-26(33)17-34(45(69-32)23-6-10-28(55)30(57)14-23)71-50-47(43(65)41(63)36(73-50)20-67-37(59)11-4-21-1-7-24(52)8-2-21)75-49-46(39(61)31(58)19-68-49)74-38(60)12-5-22-3-9-27(54)29(56)13-22/h1-17,31,35-36,39-44,46-51,58,61-66H,18-20H2,(H5-,52,53,54,55,56,57,59,60)/p+1/t31-,35-,36-,39+,40-,41-,42+,43+,44-,46-,47-,48-,49+,50-/m1/s1. The molecule has 0 saturated carbocycles. The van der Waals surface area contributed by atoms with Crippen LogP contribution in [0.3, 0.4) is 0 Å². The molecule has 0 bridgehead atoms. The lowest BCUT2D eigenvalue weighted by molar-refractivity contribution is -0.345. The van der Waals surface area contributed by atoms with Crippen molar-refractivity contribution in [2.24, 2.45) is 0 Å². The van der Waals surface area contributed by atoms with Gasteiger partial charge < -0.3 is 109 Å². The molecule has 14 N–H and O–H groups in total. The lowest BCUT2D eigenvalue weighted by Gasteiger charge is -2.45. The molecule has 3 saturated heterocycles. The third kappa shape index (κ3) is 12.3. The molecular weight excluding hydrogens is 1000 g/mol. The summed E-state index contributed by atoms with van der Waals surface area (Å²) in [6.07, 6.45) is -21.5. The number of phenolic OH excluding ortho intramolecular Hbond substituents is 6. The maximum absolute atomic E-state index is 13.2. The van der Waals surface area contributed by atoms with E-state index in [1.807, 2.05) is 0 Å². The molecule has 0 aliphatic carbocycles. The number of aromatic hydroxyl groups is 6. The first-order valence-corrected chi connectivity index (χ1v) is 22.8. The minimum absolute atomic E-state index is 0.0235.